The van der Waals surface area contributed by atoms with E-state index >= 15 is 0 Å². The fraction of sp³-hybridized carbons (Fsp3) is 1.00. The molecule has 1 rings (SSSR count). The van der Waals surface area contributed by atoms with E-state index in [1.807, 2.05) is 0 Å². The van der Waals surface area contributed by atoms with Gasteiger partial charge >= 0.3 is 9.20 Å². The lowest BCUT2D eigenvalue weighted by atomic mass is 10.5. The molecule has 1 aliphatic rings. The van der Waals surface area contributed by atoms with Crippen molar-refractivity contribution < 1.29 is 4.43 Å². The molecule has 0 atom stereocenters. The van der Waals surface area contributed by atoms with Gasteiger partial charge in [0.25, 0.3) is 0 Å². The van der Waals surface area contributed by atoms with Crippen LogP contribution in [0.2, 0.25) is 6.04 Å². The van der Waals surface area contributed by atoms with Crippen LogP contribution in [0.3, 0.4) is 0 Å². The Balaban J connectivity index is 2.22. The molecular weight excluding hydrogens is 130 g/mol. The SMILES string of the molecule is CCO[Si]1CCCN1C. The monoisotopic (exact) mass is 144 g/mol. The van der Waals surface area contributed by atoms with Gasteiger partial charge in [-0.05, 0) is 33.0 Å². The second kappa shape index (κ2) is 3.34. The number of hydrogen-bond donors (Lipinski definition) is 0. The van der Waals surface area contributed by atoms with Crippen LogP contribution >= 0.6 is 0 Å². The van der Waals surface area contributed by atoms with Gasteiger partial charge in [0.15, 0.2) is 0 Å². The molecule has 0 aromatic carbocycles. The molecule has 2 nitrogen and oxygen atoms in total. The van der Waals surface area contributed by atoms with Crippen LogP contribution in [-0.4, -0.2) is 34.0 Å². The zero-order valence-electron chi connectivity index (χ0n) is 6.18. The van der Waals surface area contributed by atoms with E-state index < -0.39 is 9.20 Å². The van der Waals surface area contributed by atoms with Crippen molar-refractivity contribution in [1.29, 1.82) is 0 Å². The van der Waals surface area contributed by atoms with Gasteiger partial charge in [0.1, 0.15) is 0 Å². The first-order valence-corrected chi connectivity index (χ1v) is 5.10. The van der Waals surface area contributed by atoms with E-state index in [1.165, 1.54) is 19.0 Å². The fourth-order valence-corrected chi connectivity index (χ4v) is 3.08. The smallest absolute Gasteiger partial charge is 0.305 e. The molecule has 1 aliphatic heterocycles. The largest absolute Gasteiger partial charge is 0.403 e. The summed E-state index contributed by atoms with van der Waals surface area (Å²) < 4.78 is 7.91. The maximum atomic E-state index is 5.54. The lowest BCUT2D eigenvalue weighted by molar-refractivity contribution is 0.307. The van der Waals surface area contributed by atoms with E-state index in [0.717, 1.165) is 6.61 Å². The van der Waals surface area contributed by atoms with E-state index in [9.17, 15) is 0 Å². The molecule has 9 heavy (non-hydrogen) atoms. The van der Waals surface area contributed by atoms with Crippen molar-refractivity contribution >= 4 is 9.20 Å². The van der Waals surface area contributed by atoms with Crippen LogP contribution in [-0.2, 0) is 4.43 Å². The van der Waals surface area contributed by atoms with Crippen molar-refractivity contribution in [2.45, 2.75) is 19.4 Å². The molecule has 53 valence electrons. The van der Waals surface area contributed by atoms with E-state index in [2.05, 4.69) is 18.5 Å². The highest BCUT2D eigenvalue weighted by Crippen LogP contribution is 2.12. The van der Waals surface area contributed by atoms with Gasteiger partial charge in [-0.3, -0.25) is 0 Å². The molecule has 0 saturated carbocycles. The predicted molar refractivity (Wildman–Crippen MR) is 39.4 cm³/mol. The topological polar surface area (TPSA) is 12.5 Å². The fourth-order valence-electron chi connectivity index (χ4n) is 1.13. The van der Waals surface area contributed by atoms with E-state index in [4.69, 9.17) is 4.43 Å². The van der Waals surface area contributed by atoms with Gasteiger partial charge in [-0.25, -0.2) is 0 Å². The number of rotatable bonds is 2. The van der Waals surface area contributed by atoms with Crippen molar-refractivity contribution in [3.63, 3.8) is 0 Å². The lowest BCUT2D eigenvalue weighted by Gasteiger charge is -2.14. The van der Waals surface area contributed by atoms with Crippen LogP contribution in [0, 0.1) is 0 Å². The third-order valence-electron chi connectivity index (χ3n) is 1.62. The summed E-state index contributed by atoms with van der Waals surface area (Å²) >= 11 is 0. The Morgan fingerprint density at radius 2 is 2.44 bits per heavy atom. The van der Waals surface area contributed by atoms with E-state index in [-0.39, 0.29) is 0 Å². The molecule has 0 amide bonds. The summed E-state index contributed by atoms with van der Waals surface area (Å²) in [6.07, 6.45) is 1.34. The Bertz CT molecular complexity index is 89.1. The zero-order valence-corrected chi connectivity index (χ0v) is 7.18. The quantitative estimate of drug-likeness (QED) is 0.533. The predicted octanol–water partition coefficient (Wildman–Crippen LogP) is 0.847. The third kappa shape index (κ3) is 1.78. The van der Waals surface area contributed by atoms with E-state index in [1.54, 1.807) is 0 Å². The summed E-state index contributed by atoms with van der Waals surface area (Å²) in [5, 5.41) is 0. The van der Waals surface area contributed by atoms with Gasteiger partial charge in [0, 0.05) is 6.61 Å². The molecule has 3 heteroatoms. The first kappa shape index (κ1) is 7.25. The van der Waals surface area contributed by atoms with Crippen molar-refractivity contribution in [3.8, 4) is 0 Å². The Morgan fingerprint density at radius 1 is 1.67 bits per heavy atom. The molecule has 1 radical (unpaired) electrons. The minimum absolute atomic E-state index is 0.507. The number of nitrogens with zero attached hydrogens (tertiary/aromatic N) is 1. The van der Waals surface area contributed by atoms with Crippen LogP contribution in [0.4, 0.5) is 0 Å². The second-order valence-electron chi connectivity index (χ2n) is 2.35. The molecule has 0 unspecified atom stereocenters. The molecule has 0 aromatic heterocycles. The standard InChI is InChI=1S/C6H14NOSi/c1-3-8-9-6-4-5-7(9)2/h3-6H2,1-2H3. The summed E-state index contributed by atoms with van der Waals surface area (Å²) in [5.41, 5.74) is 0. The Labute approximate surface area is 58.6 Å². The molecule has 0 aliphatic carbocycles. The van der Waals surface area contributed by atoms with Crippen LogP contribution in [0.1, 0.15) is 13.3 Å². The van der Waals surface area contributed by atoms with Gasteiger partial charge in [-0.15, -0.1) is 0 Å². The summed E-state index contributed by atoms with van der Waals surface area (Å²) in [5.74, 6) is 0. The highest BCUT2D eigenvalue weighted by atomic mass is 28.3. The molecule has 1 fully saturated rings. The highest BCUT2D eigenvalue weighted by molar-refractivity contribution is 6.49. The van der Waals surface area contributed by atoms with Gasteiger partial charge in [0.2, 0.25) is 0 Å². The summed E-state index contributed by atoms with van der Waals surface area (Å²) in [7, 11) is 1.66. The molecule has 1 saturated heterocycles. The lowest BCUT2D eigenvalue weighted by Crippen LogP contribution is -2.32. The third-order valence-corrected chi connectivity index (χ3v) is 4.10. The number of hydrogen-bond acceptors (Lipinski definition) is 2. The summed E-state index contributed by atoms with van der Waals surface area (Å²) in [6, 6.07) is 1.31. The van der Waals surface area contributed by atoms with E-state index in [0.29, 0.717) is 0 Å². The van der Waals surface area contributed by atoms with Crippen LogP contribution in [0.15, 0.2) is 0 Å². The molecule has 0 aromatic rings. The van der Waals surface area contributed by atoms with Crippen LogP contribution in [0.25, 0.3) is 0 Å². The first-order chi connectivity index (χ1) is 4.34. The van der Waals surface area contributed by atoms with Crippen molar-refractivity contribution in [2.75, 3.05) is 20.2 Å². The van der Waals surface area contributed by atoms with Crippen LogP contribution < -0.4 is 0 Å². The minimum Gasteiger partial charge on any atom is -0.403 e. The first-order valence-electron chi connectivity index (χ1n) is 3.54. The van der Waals surface area contributed by atoms with Crippen molar-refractivity contribution in [1.82, 2.24) is 4.57 Å². The maximum absolute atomic E-state index is 5.54. The Kier molecular flexibility index (Phi) is 2.69. The maximum Gasteiger partial charge on any atom is 0.305 e. The summed E-state index contributed by atoms with van der Waals surface area (Å²) in [6.45, 7) is 4.21. The van der Waals surface area contributed by atoms with Gasteiger partial charge in [-0.2, -0.15) is 0 Å². The van der Waals surface area contributed by atoms with Gasteiger partial charge < -0.3 is 8.99 Å². The average Bonchev–Trinajstić information content (AvgIpc) is 2.18. The zero-order chi connectivity index (χ0) is 6.69. The normalized spacial score (nSPS) is 23.3. The van der Waals surface area contributed by atoms with Gasteiger partial charge in [0.05, 0.1) is 0 Å². The minimum atomic E-state index is -0.507. The second-order valence-corrected chi connectivity index (χ2v) is 4.69. The molecule has 0 N–H and O–H groups in total. The summed E-state index contributed by atoms with van der Waals surface area (Å²) in [4.78, 5) is 0. The van der Waals surface area contributed by atoms with Crippen LogP contribution in [0.5, 0.6) is 0 Å². The molecule has 0 spiro atoms. The van der Waals surface area contributed by atoms with Gasteiger partial charge in [-0.1, -0.05) is 0 Å². The van der Waals surface area contributed by atoms with Crippen molar-refractivity contribution in [2.24, 2.45) is 0 Å². The van der Waals surface area contributed by atoms with Crippen molar-refractivity contribution in [3.05, 3.63) is 0 Å². The average molecular weight is 144 g/mol. The Morgan fingerprint density at radius 3 is 2.89 bits per heavy atom. The molecule has 1 heterocycles. The highest BCUT2D eigenvalue weighted by Gasteiger charge is 2.24. The molecular formula is C6H14NOSi. The molecule has 0 bridgehead atoms. The Hall–Kier alpha value is 0.137.